The molecular formula is C47H35BN2O2. The van der Waals surface area contributed by atoms with Crippen LogP contribution in [0.4, 0.5) is 34.1 Å². The minimum atomic E-state index is 0.0109. The summed E-state index contributed by atoms with van der Waals surface area (Å²) >= 11 is 0. The second-order valence-corrected chi connectivity index (χ2v) is 14.9. The largest absolute Gasteiger partial charge is 0.456 e. The molecule has 2 aromatic heterocycles. The number of fused-ring (bicyclic) bond motifs is 10. The highest BCUT2D eigenvalue weighted by atomic mass is 16.3. The normalized spacial score (nSPS) is 13.4. The Morgan fingerprint density at radius 1 is 0.423 bits per heavy atom. The van der Waals surface area contributed by atoms with Gasteiger partial charge in [0.2, 0.25) is 6.71 Å². The number of hydrogen-bond donors (Lipinski definition) is 0. The predicted molar refractivity (Wildman–Crippen MR) is 219 cm³/mol. The van der Waals surface area contributed by atoms with Crippen molar-refractivity contribution in [1.29, 1.82) is 0 Å². The summed E-state index contributed by atoms with van der Waals surface area (Å²) in [4.78, 5) is 4.96. The van der Waals surface area contributed by atoms with Crippen LogP contribution < -0.4 is 26.2 Å². The third-order valence-electron chi connectivity index (χ3n) is 11.4. The summed E-state index contributed by atoms with van der Waals surface area (Å²) in [5.74, 6) is 0. The molecule has 0 saturated carbocycles. The van der Waals surface area contributed by atoms with E-state index in [-0.39, 0.29) is 6.71 Å². The van der Waals surface area contributed by atoms with Crippen molar-refractivity contribution >= 4 is 101 Å². The Balaban J connectivity index is 1.23. The minimum Gasteiger partial charge on any atom is -0.456 e. The zero-order chi connectivity index (χ0) is 35.0. The first-order chi connectivity index (χ1) is 25.3. The summed E-state index contributed by atoms with van der Waals surface area (Å²) in [5, 5.41) is 4.54. The fourth-order valence-electron chi connectivity index (χ4n) is 9.32. The number of para-hydroxylation sites is 3. The Labute approximate surface area is 302 Å². The van der Waals surface area contributed by atoms with Crippen LogP contribution in [0.5, 0.6) is 0 Å². The Morgan fingerprint density at radius 2 is 1.04 bits per heavy atom. The van der Waals surface area contributed by atoms with Crippen molar-refractivity contribution in [3.8, 4) is 0 Å². The molecule has 2 aliphatic rings. The van der Waals surface area contributed by atoms with E-state index in [2.05, 4.69) is 166 Å². The van der Waals surface area contributed by atoms with Crippen LogP contribution in [0.25, 0.3) is 43.9 Å². The molecule has 0 saturated heterocycles. The fraction of sp³-hybridized carbons (Fsp3) is 0.106. The molecule has 7 aromatic carbocycles. The van der Waals surface area contributed by atoms with Gasteiger partial charge >= 0.3 is 0 Å². The van der Waals surface area contributed by atoms with E-state index in [1.54, 1.807) is 0 Å². The fourth-order valence-corrected chi connectivity index (χ4v) is 9.32. The number of benzene rings is 7. The van der Waals surface area contributed by atoms with E-state index in [9.17, 15) is 0 Å². The van der Waals surface area contributed by atoms with Gasteiger partial charge < -0.3 is 18.6 Å². The van der Waals surface area contributed by atoms with E-state index in [0.29, 0.717) is 0 Å². The van der Waals surface area contributed by atoms with E-state index in [1.165, 1.54) is 55.6 Å². The lowest BCUT2D eigenvalue weighted by Gasteiger charge is -2.45. The Bertz CT molecular complexity index is 2980. The van der Waals surface area contributed by atoms with Crippen molar-refractivity contribution < 1.29 is 8.83 Å². The molecule has 0 spiro atoms. The van der Waals surface area contributed by atoms with E-state index in [0.717, 1.165) is 66.6 Å². The molecule has 0 amide bonds. The first-order valence-electron chi connectivity index (χ1n) is 18.1. The van der Waals surface area contributed by atoms with E-state index >= 15 is 0 Å². The van der Waals surface area contributed by atoms with Gasteiger partial charge in [-0.1, -0.05) is 82.8 Å². The molecule has 4 nitrogen and oxygen atoms in total. The van der Waals surface area contributed by atoms with Crippen LogP contribution >= 0.6 is 0 Å². The van der Waals surface area contributed by atoms with Crippen molar-refractivity contribution in [3.63, 3.8) is 0 Å². The third kappa shape index (κ3) is 3.99. The third-order valence-corrected chi connectivity index (χ3v) is 11.4. The van der Waals surface area contributed by atoms with Gasteiger partial charge in [0.05, 0.1) is 22.7 Å². The molecule has 0 radical (unpaired) electrons. The molecule has 0 fully saturated rings. The number of hydrogen-bond acceptors (Lipinski definition) is 4. The molecule has 248 valence electrons. The molecular weight excluding hydrogens is 635 g/mol. The van der Waals surface area contributed by atoms with E-state index < -0.39 is 0 Å². The molecule has 0 unspecified atom stereocenters. The molecule has 2 aliphatic heterocycles. The van der Waals surface area contributed by atoms with Gasteiger partial charge in [-0.15, -0.1) is 0 Å². The highest BCUT2D eigenvalue weighted by Gasteiger charge is 2.42. The monoisotopic (exact) mass is 670 g/mol. The molecule has 0 aliphatic carbocycles. The zero-order valence-corrected chi connectivity index (χ0v) is 29.8. The molecule has 11 rings (SSSR count). The summed E-state index contributed by atoms with van der Waals surface area (Å²) in [6.07, 6.45) is 0. The summed E-state index contributed by atoms with van der Waals surface area (Å²) in [6.45, 7) is 11.0. The van der Waals surface area contributed by atoms with Crippen LogP contribution in [0.3, 0.4) is 0 Å². The van der Waals surface area contributed by atoms with E-state index in [1.807, 2.05) is 0 Å². The average Bonchev–Trinajstić information content (AvgIpc) is 3.67. The first-order valence-corrected chi connectivity index (χ1v) is 18.1. The van der Waals surface area contributed by atoms with Gasteiger partial charge in [-0.25, -0.2) is 0 Å². The summed E-state index contributed by atoms with van der Waals surface area (Å²) in [6, 6.07) is 44.7. The zero-order valence-electron chi connectivity index (χ0n) is 29.8. The van der Waals surface area contributed by atoms with Crippen molar-refractivity contribution in [2.24, 2.45) is 0 Å². The molecule has 9 aromatic rings. The van der Waals surface area contributed by atoms with Gasteiger partial charge in [-0.2, -0.15) is 0 Å². The maximum atomic E-state index is 6.63. The SMILES string of the molecule is Cc1cc(C)c(B2c3cc4oc5cc(C)ccc5c4cc3N3c4ccccc4N(c4ccc5oc6cc(C)ccc6c5c4)c4cccc2c43)c(C)c1. The van der Waals surface area contributed by atoms with Gasteiger partial charge in [0.25, 0.3) is 0 Å². The minimum absolute atomic E-state index is 0.0109. The van der Waals surface area contributed by atoms with Crippen LogP contribution in [0, 0.1) is 34.6 Å². The first kappa shape index (κ1) is 29.5. The Kier molecular flexibility index (Phi) is 5.92. The lowest BCUT2D eigenvalue weighted by molar-refractivity contribution is 0.668. The van der Waals surface area contributed by atoms with Gasteiger partial charge in [0.15, 0.2) is 0 Å². The van der Waals surface area contributed by atoms with Crippen molar-refractivity contribution in [3.05, 3.63) is 149 Å². The standard InChI is InChI=1S/C47H35BN2O2/c1-26-13-16-32-34-23-31(15-18-42(34)51-43(32)21-26)49-38-10-6-7-11-39(38)50-41-24-35-33-17-14-27(2)22-44(33)52-45(35)25-37(41)48(36-9-8-12-40(49)47(36)50)46-29(4)19-28(3)20-30(46)5/h6-25H,1-5H3. The molecule has 0 atom stereocenters. The van der Waals surface area contributed by atoms with Crippen LogP contribution in [0.2, 0.25) is 0 Å². The maximum absolute atomic E-state index is 6.63. The molecule has 5 heteroatoms. The quantitative estimate of drug-likeness (QED) is 0.171. The van der Waals surface area contributed by atoms with Crippen molar-refractivity contribution in [1.82, 2.24) is 0 Å². The van der Waals surface area contributed by atoms with Gasteiger partial charge in [0, 0.05) is 32.9 Å². The summed E-state index contributed by atoms with van der Waals surface area (Å²) in [5.41, 5.74) is 20.8. The number of nitrogens with zero attached hydrogens (tertiary/aromatic N) is 2. The topological polar surface area (TPSA) is 32.8 Å². The van der Waals surface area contributed by atoms with Crippen molar-refractivity contribution in [2.75, 3.05) is 9.80 Å². The van der Waals surface area contributed by atoms with Gasteiger partial charge in [0.1, 0.15) is 22.3 Å². The van der Waals surface area contributed by atoms with Crippen LogP contribution in [0.1, 0.15) is 27.8 Å². The maximum Gasteiger partial charge on any atom is 0.247 e. The number of rotatable bonds is 2. The lowest BCUT2D eigenvalue weighted by atomic mass is 9.33. The number of furan rings is 2. The van der Waals surface area contributed by atoms with Gasteiger partial charge in [-0.05, 0) is 117 Å². The molecule has 0 N–H and O–H groups in total. The highest BCUT2D eigenvalue weighted by Crippen LogP contribution is 2.55. The second kappa shape index (κ2) is 10.4. The highest BCUT2D eigenvalue weighted by molar-refractivity contribution is 6.98. The summed E-state index contributed by atoms with van der Waals surface area (Å²) < 4.78 is 13.0. The Morgan fingerprint density at radius 3 is 1.75 bits per heavy atom. The van der Waals surface area contributed by atoms with Crippen molar-refractivity contribution in [2.45, 2.75) is 34.6 Å². The van der Waals surface area contributed by atoms with Gasteiger partial charge in [-0.3, -0.25) is 0 Å². The average molecular weight is 671 g/mol. The lowest BCUT2D eigenvalue weighted by Crippen LogP contribution is -2.59. The Hall–Kier alpha value is -6.20. The summed E-state index contributed by atoms with van der Waals surface area (Å²) in [7, 11) is 0. The molecule has 0 bridgehead atoms. The van der Waals surface area contributed by atoms with Crippen LogP contribution in [0.15, 0.2) is 130 Å². The van der Waals surface area contributed by atoms with Crippen LogP contribution in [-0.2, 0) is 0 Å². The number of aryl methyl sites for hydroxylation is 5. The van der Waals surface area contributed by atoms with E-state index in [4.69, 9.17) is 8.83 Å². The predicted octanol–water partition coefficient (Wildman–Crippen LogP) is 11.1. The van der Waals surface area contributed by atoms with Crippen LogP contribution in [-0.4, -0.2) is 6.71 Å². The molecule has 4 heterocycles. The number of anilines is 6. The molecule has 52 heavy (non-hydrogen) atoms. The second-order valence-electron chi connectivity index (χ2n) is 14.9. The smallest absolute Gasteiger partial charge is 0.247 e.